The molecule has 0 saturated carbocycles. The summed E-state index contributed by atoms with van der Waals surface area (Å²) in [6, 6.07) is 8.90. The number of rotatable bonds is 6. The number of nitrogens with zero attached hydrogens (tertiary/aromatic N) is 1. The van der Waals surface area contributed by atoms with Gasteiger partial charge in [-0.05, 0) is 24.3 Å². The maximum atomic E-state index is 12.6. The summed E-state index contributed by atoms with van der Waals surface area (Å²) in [7, 11) is 0. The van der Waals surface area contributed by atoms with Crippen LogP contribution in [-0.4, -0.2) is 40.0 Å². The smallest absolute Gasteiger partial charge is 0.341 e. The first-order valence-electron chi connectivity index (χ1n) is 7.66. The predicted octanol–water partition coefficient (Wildman–Crippen LogP) is 1.94. The van der Waals surface area contributed by atoms with Crippen molar-refractivity contribution in [1.29, 1.82) is 0 Å². The third kappa shape index (κ3) is 3.17. The van der Waals surface area contributed by atoms with E-state index in [0.717, 1.165) is 6.07 Å². The van der Waals surface area contributed by atoms with Crippen molar-refractivity contribution in [2.75, 3.05) is 6.61 Å². The summed E-state index contributed by atoms with van der Waals surface area (Å²) in [6.07, 6.45) is 0. The second kappa shape index (κ2) is 6.79. The van der Waals surface area contributed by atoms with Crippen LogP contribution in [0.1, 0.15) is 31.1 Å². The average molecular weight is 369 g/mol. The number of carbonyl (C=O) groups is 4. The van der Waals surface area contributed by atoms with Gasteiger partial charge in [0.1, 0.15) is 17.2 Å². The monoisotopic (exact) mass is 369 g/mol. The number of carbonyl (C=O) groups excluding carboxylic acids is 3. The number of Topliss-reactive ketones (excluding diaryl/α,β-unsaturated/α-hetero) is 3. The van der Waals surface area contributed by atoms with Crippen molar-refractivity contribution in [2.45, 2.75) is 0 Å². The van der Waals surface area contributed by atoms with Crippen molar-refractivity contribution < 1.29 is 33.9 Å². The Morgan fingerprint density at radius 1 is 1.07 bits per heavy atom. The Morgan fingerprint density at radius 3 is 2.33 bits per heavy atom. The first kappa shape index (κ1) is 17.9. The van der Waals surface area contributed by atoms with E-state index in [1.54, 1.807) is 0 Å². The summed E-state index contributed by atoms with van der Waals surface area (Å²) < 4.78 is 4.94. The molecule has 1 unspecified atom stereocenters. The number of carboxylic acids is 1. The van der Waals surface area contributed by atoms with Crippen LogP contribution in [0, 0.1) is 16.0 Å². The zero-order valence-electron chi connectivity index (χ0n) is 13.6. The topological polar surface area (TPSA) is 141 Å². The Kier molecular flexibility index (Phi) is 4.51. The number of nitro groups is 1. The van der Waals surface area contributed by atoms with Crippen molar-refractivity contribution in [1.82, 2.24) is 0 Å². The Labute approximate surface area is 151 Å². The van der Waals surface area contributed by atoms with Gasteiger partial charge in [-0.2, -0.15) is 0 Å². The largest absolute Gasteiger partial charge is 0.482 e. The fourth-order valence-corrected chi connectivity index (χ4v) is 2.84. The number of benzene rings is 2. The van der Waals surface area contributed by atoms with Crippen LogP contribution >= 0.6 is 0 Å². The zero-order chi connectivity index (χ0) is 19.7. The number of hydrogen-bond donors (Lipinski definition) is 1. The number of fused-ring (bicyclic) bond motifs is 1. The van der Waals surface area contributed by atoms with Gasteiger partial charge in [-0.25, -0.2) is 4.79 Å². The maximum Gasteiger partial charge on any atom is 0.341 e. The van der Waals surface area contributed by atoms with Crippen LogP contribution in [0.2, 0.25) is 0 Å². The highest BCUT2D eigenvalue weighted by molar-refractivity contribution is 6.38. The summed E-state index contributed by atoms with van der Waals surface area (Å²) in [6.45, 7) is -0.564. The van der Waals surface area contributed by atoms with Crippen LogP contribution < -0.4 is 4.74 Å². The highest BCUT2D eigenvalue weighted by Gasteiger charge is 2.47. The third-order valence-electron chi connectivity index (χ3n) is 4.04. The molecule has 0 fully saturated rings. The summed E-state index contributed by atoms with van der Waals surface area (Å²) in [5.41, 5.74) is -0.986. The Bertz CT molecular complexity index is 993. The van der Waals surface area contributed by atoms with E-state index in [9.17, 15) is 29.3 Å². The van der Waals surface area contributed by atoms with Crippen LogP contribution in [0.3, 0.4) is 0 Å². The molecule has 9 heteroatoms. The highest BCUT2D eigenvalue weighted by Crippen LogP contribution is 2.35. The molecule has 0 bridgehead atoms. The van der Waals surface area contributed by atoms with E-state index in [-0.39, 0.29) is 22.4 Å². The van der Waals surface area contributed by atoms with Gasteiger partial charge in [0.25, 0.3) is 5.69 Å². The van der Waals surface area contributed by atoms with E-state index in [1.165, 1.54) is 36.4 Å². The first-order valence-corrected chi connectivity index (χ1v) is 7.66. The molecule has 27 heavy (non-hydrogen) atoms. The van der Waals surface area contributed by atoms with Crippen molar-refractivity contribution >= 4 is 29.0 Å². The first-order chi connectivity index (χ1) is 12.8. The normalized spacial score (nSPS) is 15.3. The fraction of sp³-hybridized carbons (Fsp3) is 0.111. The fourth-order valence-electron chi connectivity index (χ4n) is 2.84. The molecule has 0 heterocycles. The van der Waals surface area contributed by atoms with Gasteiger partial charge in [-0.15, -0.1) is 0 Å². The SMILES string of the molecule is O=C(O)COc1ccc(C(=O)C2C(=O)c3cccc([N+](=O)[O-])c3C2=O)cc1. The van der Waals surface area contributed by atoms with Crippen LogP contribution in [0.5, 0.6) is 5.75 Å². The molecule has 1 N–H and O–H groups in total. The molecule has 0 aliphatic heterocycles. The molecular formula is C18H11NO8. The van der Waals surface area contributed by atoms with Crippen molar-refractivity contribution in [3.05, 3.63) is 69.3 Å². The van der Waals surface area contributed by atoms with Gasteiger partial charge in [-0.3, -0.25) is 24.5 Å². The lowest BCUT2D eigenvalue weighted by atomic mass is 9.93. The summed E-state index contributed by atoms with van der Waals surface area (Å²) in [4.78, 5) is 58.5. The minimum Gasteiger partial charge on any atom is -0.482 e. The van der Waals surface area contributed by atoms with E-state index >= 15 is 0 Å². The lowest BCUT2D eigenvalue weighted by molar-refractivity contribution is -0.385. The maximum absolute atomic E-state index is 12.6. The average Bonchev–Trinajstić information content (AvgIpc) is 2.90. The lowest BCUT2D eigenvalue weighted by Crippen LogP contribution is -2.25. The molecule has 2 aromatic carbocycles. The van der Waals surface area contributed by atoms with Crippen LogP contribution in [0.4, 0.5) is 5.69 Å². The van der Waals surface area contributed by atoms with E-state index < -0.39 is 46.5 Å². The Hall–Kier alpha value is -3.88. The van der Waals surface area contributed by atoms with Crippen LogP contribution in [-0.2, 0) is 4.79 Å². The van der Waals surface area contributed by atoms with Crippen molar-refractivity contribution in [2.24, 2.45) is 5.92 Å². The molecule has 1 atom stereocenters. The summed E-state index contributed by atoms with van der Waals surface area (Å²) in [5, 5.41) is 19.7. The highest BCUT2D eigenvalue weighted by atomic mass is 16.6. The minimum absolute atomic E-state index is 0.0276. The van der Waals surface area contributed by atoms with Crippen molar-refractivity contribution in [3.63, 3.8) is 0 Å². The molecule has 0 saturated heterocycles. The summed E-state index contributed by atoms with van der Waals surface area (Å²) >= 11 is 0. The molecule has 0 spiro atoms. The molecular weight excluding hydrogens is 358 g/mol. The van der Waals surface area contributed by atoms with E-state index in [0.29, 0.717) is 0 Å². The van der Waals surface area contributed by atoms with Gasteiger partial charge in [0, 0.05) is 17.2 Å². The second-order valence-corrected chi connectivity index (χ2v) is 5.69. The molecule has 0 amide bonds. The number of nitro benzene ring substituents is 1. The number of aliphatic carboxylic acids is 1. The van der Waals surface area contributed by atoms with Gasteiger partial charge >= 0.3 is 5.97 Å². The molecule has 1 aliphatic carbocycles. The lowest BCUT2D eigenvalue weighted by Gasteiger charge is -2.07. The molecule has 1 aliphatic rings. The summed E-state index contributed by atoms with van der Waals surface area (Å²) in [5.74, 6) is -5.13. The van der Waals surface area contributed by atoms with E-state index in [4.69, 9.17) is 9.84 Å². The van der Waals surface area contributed by atoms with E-state index in [2.05, 4.69) is 0 Å². The number of ketones is 3. The van der Waals surface area contributed by atoms with Gasteiger partial charge < -0.3 is 9.84 Å². The molecule has 0 radical (unpaired) electrons. The predicted molar refractivity (Wildman–Crippen MR) is 89.2 cm³/mol. The second-order valence-electron chi connectivity index (χ2n) is 5.69. The van der Waals surface area contributed by atoms with Gasteiger partial charge in [0.05, 0.1) is 4.92 Å². The van der Waals surface area contributed by atoms with Gasteiger partial charge in [0.2, 0.25) is 0 Å². The van der Waals surface area contributed by atoms with Gasteiger partial charge in [-0.1, -0.05) is 12.1 Å². The standard InChI is InChI=1S/C18H11NO8/c20-13(21)8-27-10-6-4-9(5-7-10)16(22)15-17(23)11-2-1-3-12(19(25)26)14(11)18(15)24/h1-7,15H,8H2,(H,20,21). The molecule has 3 rings (SSSR count). The Morgan fingerprint density at radius 2 is 1.74 bits per heavy atom. The third-order valence-corrected chi connectivity index (χ3v) is 4.04. The molecule has 9 nitrogen and oxygen atoms in total. The number of hydrogen-bond acceptors (Lipinski definition) is 7. The van der Waals surface area contributed by atoms with Crippen LogP contribution in [0.15, 0.2) is 42.5 Å². The van der Waals surface area contributed by atoms with E-state index in [1.807, 2.05) is 0 Å². The zero-order valence-corrected chi connectivity index (χ0v) is 13.6. The van der Waals surface area contributed by atoms with Gasteiger partial charge in [0.15, 0.2) is 24.0 Å². The molecule has 2 aromatic rings. The van der Waals surface area contributed by atoms with Crippen molar-refractivity contribution in [3.8, 4) is 5.75 Å². The quantitative estimate of drug-likeness (QED) is 0.352. The number of carboxylic acid groups (broad SMARTS) is 1. The molecule has 136 valence electrons. The minimum atomic E-state index is -1.67. The number of ether oxygens (including phenoxy) is 1. The Balaban J connectivity index is 1.89. The van der Waals surface area contributed by atoms with Crippen LogP contribution in [0.25, 0.3) is 0 Å². The molecule has 0 aromatic heterocycles.